The Kier molecular flexibility index (Phi) is 7.20. The van der Waals surface area contributed by atoms with Crippen LogP contribution in [0.15, 0.2) is 48.5 Å². The minimum atomic E-state index is -0.0598. The number of aryl methyl sites for hydroxylation is 1. The predicted molar refractivity (Wildman–Crippen MR) is 134 cm³/mol. The van der Waals surface area contributed by atoms with Crippen LogP contribution < -0.4 is 0 Å². The van der Waals surface area contributed by atoms with Crippen LogP contribution in [-0.4, -0.2) is 44.6 Å². The Morgan fingerprint density at radius 1 is 1.15 bits per heavy atom. The van der Waals surface area contributed by atoms with Crippen molar-refractivity contribution in [3.8, 4) is 5.69 Å². The second-order valence-electron chi connectivity index (χ2n) is 9.15. The topological polar surface area (TPSA) is 41.4 Å². The third kappa shape index (κ3) is 4.99. The van der Waals surface area contributed by atoms with E-state index >= 15 is 0 Å². The van der Waals surface area contributed by atoms with Gasteiger partial charge in [0.15, 0.2) is 0 Å². The van der Waals surface area contributed by atoms with Gasteiger partial charge in [-0.3, -0.25) is 9.69 Å². The lowest BCUT2D eigenvalue weighted by Crippen LogP contribution is -2.37. The molecule has 1 aromatic heterocycles. The zero-order valence-electron chi connectivity index (χ0n) is 20.0. The van der Waals surface area contributed by atoms with E-state index in [1.54, 1.807) is 12.1 Å². The number of hydrogen-bond acceptors (Lipinski definition) is 3. The smallest absolute Gasteiger partial charge is 0.255 e. The number of halogens is 1. The molecule has 0 saturated heterocycles. The first-order valence-electron chi connectivity index (χ1n) is 11.8. The van der Waals surface area contributed by atoms with Crippen LogP contribution in [0, 0.1) is 6.92 Å². The normalized spacial score (nSPS) is 13.9. The Morgan fingerprint density at radius 3 is 2.55 bits per heavy atom. The molecule has 0 bridgehead atoms. The maximum Gasteiger partial charge on any atom is 0.255 e. The molecule has 0 radical (unpaired) electrons. The highest BCUT2D eigenvalue weighted by atomic mass is 35.5. The van der Waals surface area contributed by atoms with E-state index in [2.05, 4.69) is 47.7 Å². The van der Waals surface area contributed by atoms with Gasteiger partial charge in [0, 0.05) is 31.1 Å². The molecule has 1 aliphatic rings. The van der Waals surface area contributed by atoms with Crippen LogP contribution in [0.5, 0.6) is 0 Å². The number of benzene rings is 2. The minimum absolute atomic E-state index is 0.0179. The van der Waals surface area contributed by atoms with Gasteiger partial charge in [-0.05, 0) is 58.0 Å². The monoisotopic (exact) mass is 464 g/mol. The first kappa shape index (κ1) is 23.5. The molecule has 0 spiro atoms. The van der Waals surface area contributed by atoms with E-state index in [1.165, 1.54) is 16.8 Å². The summed E-state index contributed by atoms with van der Waals surface area (Å²) < 4.78 is 2.09. The molecule has 1 aliphatic heterocycles. The second-order valence-corrected chi connectivity index (χ2v) is 9.56. The van der Waals surface area contributed by atoms with Gasteiger partial charge in [0.25, 0.3) is 5.91 Å². The maximum absolute atomic E-state index is 13.5. The van der Waals surface area contributed by atoms with Crippen LogP contribution in [0.25, 0.3) is 5.69 Å². The summed E-state index contributed by atoms with van der Waals surface area (Å²) in [6.07, 6.45) is 2.08. The van der Waals surface area contributed by atoms with Crippen molar-refractivity contribution in [2.24, 2.45) is 0 Å². The molecule has 0 N–H and O–H groups in total. The van der Waals surface area contributed by atoms with Crippen molar-refractivity contribution >= 4 is 17.5 Å². The van der Waals surface area contributed by atoms with E-state index in [9.17, 15) is 4.79 Å². The van der Waals surface area contributed by atoms with E-state index in [0.717, 1.165) is 43.9 Å². The molecule has 0 fully saturated rings. The number of carbonyl (C=O) groups is 1. The van der Waals surface area contributed by atoms with Crippen molar-refractivity contribution in [2.75, 3.05) is 13.1 Å². The van der Waals surface area contributed by atoms with E-state index in [-0.39, 0.29) is 11.9 Å². The van der Waals surface area contributed by atoms with Crippen LogP contribution in [0.4, 0.5) is 0 Å². The molecule has 0 unspecified atom stereocenters. The highest BCUT2D eigenvalue weighted by Crippen LogP contribution is 2.28. The van der Waals surface area contributed by atoms with Gasteiger partial charge in [0.1, 0.15) is 0 Å². The molecule has 6 heteroatoms. The number of nitrogens with zero attached hydrogens (tertiary/aromatic N) is 4. The molecule has 5 nitrogen and oxygen atoms in total. The van der Waals surface area contributed by atoms with Crippen molar-refractivity contribution in [1.82, 2.24) is 19.6 Å². The van der Waals surface area contributed by atoms with Gasteiger partial charge < -0.3 is 4.90 Å². The summed E-state index contributed by atoms with van der Waals surface area (Å²) in [5.74, 6) is -0.0598. The number of fused-ring (bicyclic) bond motifs is 1. The number of hydrogen-bond donors (Lipinski definition) is 0. The summed E-state index contributed by atoms with van der Waals surface area (Å²) in [7, 11) is 0. The molecule has 4 rings (SSSR count). The average molecular weight is 465 g/mol. The SMILES string of the molecule is CCCN1CCc2c(c(CN(C(=O)c3ccccc3Cl)C(C)C)nn2-c2ccc(C)cc2)C1. The molecule has 0 aliphatic carbocycles. The number of carbonyl (C=O) groups excluding carboxylic acids is 1. The van der Waals surface area contributed by atoms with Crippen molar-refractivity contribution < 1.29 is 4.79 Å². The fourth-order valence-electron chi connectivity index (χ4n) is 4.52. The zero-order chi connectivity index (χ0) is 23.5. The van der Waals surface area contributed by atoms with Crippen LogP contribution in [-0.2, 0) is 19.5 Å². The molecule has 2 aromatic carbocycles. The summed E-state index contributed by atoms with van der Waals surface area (Å²) in [6.45, 7) is 11.8. The zero-order valence-corrected chi connectivity index (χ0v) is 20.8. The first-order chi connectivity index (χ1) is 15.9. The molecule has 174 valence electrons. The van der Waals surface area contributed by atoms with Crippen LogP contribution in [0.3, 0.4) is 0 Å². The summed E-state index contributed by atoms with van der Waals surface area (Å²) in [5, 5.41) is 5.55. The van der Waals surface area contributed by atoms with Gasteiger partial charge in [-0.2, -0.15) is 5.10 Å². The van der Waals surface area contributed by atoms with E-state index in [4.69, 9.17) is 16.7 Å². The molecular formula is C27H33ClN4O. The summed E-state index contributed by atoms with van der Waals surface area (Å²) >= 11 is 6.36. The number of rotatable bonds is 7. The fourth-order valence-corrected chi connectivity index (χ4v) is 4.73. The van der Waals surface area contributed by atoms with Crippen LogP contribution >= 0.6 is 11.6 Å². The second kappa shape index (κ2) is 10.1. The lowest BCUT2D eigenvalue weighted by atomic mass is 10.0. The summed E-state index contributed by atoms with van der Waals surface area (Å²) in [4.78, 5) is 17.8. The average Bonchev–Trinajstić information content (AvgIpc) is 3.15. The molecule has 33 heavy (non-hydrogen) atoms. The van der Waals surface area contributed by atoms with Crippen molar-refractivity contribution in [3.05, 3.63) is 81.6 Å². The molecule has 1 amide bonds. The highest BCUT2D eigenvalue weighted by molar-refractivity contribution is 6.33. The van der Waals surface area contributed by atoms with Crippen molar-refractivity contribution in [3.63, 3.8) is 0 Å². The van der Waals surface area contributed by atoms with Crippen LogP contribution in [0.2, 0.25) is 5.02 Å². The van der Waals surface area contributed by atoms with Crippen molar-refractivity contribution in [1.29, 1.82) is 0 Å². The van der Waals surface area contributed by atoms with Gasteiger partial charge in [-0.25, -0.2) is 4.68 Å². The van der Waals surface area contributed by atoms with Gasteiger partial charge in [-0.15, -0.1) is 0 Å². The number of aromatic nitrogens is 2. The lowest BCUT2D eigenvalue weighted by molar-refractivity contribution is 0.0686. The molecular weight excluding hydrogens is 432 g/mol. The molecule has 0 atom stereocenters. The third-order valence-electron chi connectivity index (χ3n) is 6.35. The van der Waals surface area contributed by atoms with Gasteiger partial charge in [0.05, 0.1) is 34.2 Å². The first-order valence-corrected chi connectivity index (χ1v) is 12.2. The Labute approximate surface area is 202 Å². The van der Waals surface area contributed by atoms with E-state index in [0.29, 0.717) is 17.1 Å². The molecule has 2 heterocycles. The Morgan fingerprint density at radius 2 is 1.88 bits per heavy atom. The molecule has 0 saturated carbocycles. The Hall–Kier alpha value is -2.63. The Balaban J connectivity index is 1.73. The summed E-state index contributed by atoms with van der Waals surface area (Å²) in [6, 6.07) is 15.8. The third-order valence-corrected chi connectivity index (χ3v) is 6.68. The lowest BCUT2D eigenvalue weighted by Gasteiger charge is -2.29. The standard InChI is InChI=1S/C27H33ClN4O/c1-5-15-30-16-14-26-23(17-30)25(29-32(26)21-12-10-20(4)11-13-21)18-31(19(2)3)27(33)22-8-6-7-9-24(22)28/h6-13,19H,5,14-18H2,1-4H3. The minimum Gasteiger partial charge on any atom is -0.330 e. The van der Waals surface area contributed by atoms with Gasteiger partial charge in [-0.1, -0.05) is 48.4 Å². The summed E-state index contributed by atoms with van der Waals surface area (Å²) in [5.41, 5.74) is 6.32. The predicted octanol–water partition coefficient (Wildman–Crippen LogP) is 5.65. The maximum atomic E-state index is 13.5. The van der Waals surface area contributed by atoms with Gasteiger partial charge >= 0.3 is 0 Å². The van der Waals surface area contributed by atoms with E-state index < -0.39 is 0 Å². The quantitative estimate of drug-likeness (QED) is 0.453. The Bertz CT molecular complexity index is 1120. The van der Waals surface area contributed by atoms with Crippen LogP contribution in [0.1, 0.15) is 60.1 Å². The largest absolute Gasteiger partial charge is 0.330 e. The van der Waals surface area contributed by atoms with Crippen molar-refractivity contribution in [2.45, 2.75) is 59.7 Å². The van der Waals surface area contributed by atoms with Gasteiger partial charge in [0.2, 0.25) is 0 Å². The molecule has 3 aromatic rings. The fraction of sp³-hybridized carbons (Fsp3) is 0.407. The number of amides is 1. The highest BCUT2D eigenvalue weighted by Gasteiger charge is 2.29. The van der Waals surface area contributed by atoms with E-state index in [1.807, 2.05) is 30.9 Å².